The van der Waals surface area contributed by atoms with Gasteiger partial charge in [0.2, 0.25) is 11.8 Å². The van der Waals surface area contributed by atoms with Crippen LogP contribution in [0.25, 0.3) is 0 Å². The van der Waals surface area contributed by atoms with Crippen LogP contribution in [-0.4, -0.2) is 48.4 Å². The van der Waals surface area contributed by atoms with Crippen LogP contribution in [0.4, 0.5) is 0 Å². The Labute approximate surface area is 104 Å². The largest absolute Gasteiger partial charge is 0.350 e. The second-order valence-corrected chi connectivity index (χ2v) is 5.04. The van der Waals surface area contributed by atoms with Crippen molar-refractivity contribution in [2.24, 2.45) is 0 Å². The lowest BCUT2D eigenvalue weighted by atomic mass is 10.1. The van der Waals surface area contributed by atoms with Crippen LogP contribution in [0.2, 0.25) is 0 Å². The molecule has 100 valence electrons. The van der Waals surface area contributed by atoms with Gasteiger partial charge in [-0.1, -0.05) is 13.8 Å². The second-order valence-electron chi connectivity index (χ2n) is 5.04. The standard InChI is InChI=1S/C12H25N3O2/c1-6-15(7-2)9-11(17)13-8-10(16)14-12(3,4)5/h6-9H2,1-5H3,(H,13,17)(H,14,16). The third-order valence-electron chi connectivity index (χ3n) is 2.22. The fourth-order valence-corrected chi connectivity index (χ4v) is 1.35. The molecule has 0 unspecified atom stereocenters. The fourth-order valence-electron chi connectivity index (χ4n) is 1.35. The zero-order valence-electron chi connectivity index (χ0n) is 11.6. The molecule has 0 aliphatic heterocycles. The van der Waals surface area contributed by atoms with E-state index in [2.05, 4.69) is 10.6 Å². The molecule has 0 saturated heterocycles. The van der Waals surface area contributed by atoms with E-state index in [0.29, 0.717) is 6.54 Å². The highest BCUT2D eigenvalue weighted by Gasteiger charge is 2.14. The van der Waals surface area contributed by atoms with Crippen molar-refractivity contribution in [1.82, 2.24) is 15.5 Å². The quantitative estimate of drug-likeness (QED) is 0.708. The van der Waals surface area contributed by atoms with E-state index in [0.717, 1.165) is 13.1 Å². The van der Waals surface area contributed by atoms with E-state index in [4.69, 9.17) is 0 Å². The Hall–Kier alpha value is -1.10. The van der Waals surface area contributed by atoms with Gasteiger partial charge in [0.25, 0.3) is 0 Å². The first-order valence-corrected chi connectivity index (χ1v) is 6.08. The molecule has 0 fully saturated rings. The Morgan fingerprint density at radius 1 is 1.06 bits per heavy atom. The van der Waals surface area contributed by atoms with Crippen LogP contribution in [0.15, 0.2) is 0 Å². The smallest absolute Gasteiger partial charge is 0.239 e. The van der Waals surface area contributed by atoms with Crippen LogP contribution in [0.5, 0.6) is 0 Å². The lowest BCUT2D eigenvalue weighted by Crippen LogP contribution is -2.47. The van der Waals surface area contributed by atoms with Crippen molar-refractivity contribution in [2.75, 3.05) is 26.2 Å². The van der Waals surface area contributed by atoms with Crippen LogP contribution in [0.3, 0.4) is 0 Å². The molecule has 0 saturated carbocycles. The molecule has 0 aliphatic rings. The van der Waals surface area contributed by atoms with Gasteiger partial charge < -0.3 is 10.6 Å². The predicted octanol–water partition coefficient (Wildman–Crippen LogP) is 0.359. The zero-order chi connectivity index (χ0) is 13.5. The van der Waals surface area contributed by atoms with Gasteiger partial charge in [-0.3, -0.25) is 14.5 Å². The summed E-state index contributed by atoms with van der Waals surface area (Å²) in [5.41, 5.74) is -0.263. The van der Waals surface area contributed by atoms with Crippen molar-refractivity contribution >= 4 is 11.8 Å². The van der Waals surface area contributed by atoms with Gasteiger partial charge in [0.05, 0.1) is 13.1 Å². The minimum atomic E-state index is -0.263. The molecule has 0 aliphatic carbocycles. The van der Waals surface area contributed by atoms with E-state index >= 15 is 0 Å². The van der Waals surface area contributed by atoms with Crippen LogP contribution in [0, 0.1) is 0 Å². The number of nitrogens with one attached hydrogen (secondary N) is 2. The summed E-state index contributed by atoms with van der Waals surface area (Å²) in [4.78, 5) is 25.0. The summed E-state index contributed by atoms with van der Waals surface area (Å²) in [7, 11) is 0. The van der Waals surface area contributed by atoms with E-state index in [9.17, 15) is 9.59 Å². The van der Waals surface area contributed by atoms with E-state index in [1.54, 1.807) is 0 Å². The SMILES string of the molecule is CCN(CC)CC(=O)NCC(=O)NC(C)(C)C. The maximum absolute atomic E-state index is 11.5. The first kappa shape index (κ1) is 15.9. The average Bonchev–Trinajstić information content (AvgIpc) is 2.20. The monoisotopic (exact) mass is 243 g/mol. The van der Waals surface area contributed by atoms with E-state index in [-0.39, 0.29) is 23.9 Å². The van der Waals surface area contributed by atoms with Crippen LogP contribution >= 0.6 is 0 Å². The number of hydrogen-bond acceptors (Lipinski definition) is 3. The Bertz CT molecular complexity index is 255. The number of likely N-dealkylation sites (N-methyl/N-ethyl adjacent to an activating group) is 1. The van der Waals surface area contributed by atoms with Gasteiger partial charge in [-0.05, 0) is 33.9 Å². The van der Waals surface area contributed by atoms with Gasteiger partial charge in [-0.25, -0.2) is 0 Å². The molecule has 5 nitrogen and oxygen atoms in total. The molecule has 0 spiro atoms. The maximum atomic E-state index is 11.5. The van der Waals surface area contributed by atoms with Crippen molar-refractivity contribution in [3.8, 4) is 0 Å². The first-order chi connectivity index (χ1) is 7.78. The summed E-state index contributed by atoms with van der Waals surface area (Å²) >= 11 is 0. The summed E-state index contributed by atoms with van der Waals surface area (Å²) in [6, 6.07) is 0. The fraction of sp³-hybridized carbons (Fsp3) is 0.833. The molecule has 0 radical (unpaired) electrons. The summed E-state index contributed by atoms with van der Waals surface area (Å²) in [5.74, 6) is -0.275. The molecule has 5 heteroatoms. The topological polar surface area (TPSA) is 61.4 Å². The Morgan fingerprint density at radius 3 is 2.00 bits per heavy atom. The predicted molar refractivity (Wildman–Crippen MR) is 68.7 cm³/mol. The molecule has 2 N–H and O–H groups in total. The summed E-state index contributed by atoms with van der Waals surface area (Å²) in [6.45, 7) is 11.8. The molecule has 0 aromatic carbocycles. The molecule has 2 amide bonds. The Balaban J connectivity index is 3.88. The van der Waals surface area contributed by atoms with Crippen LogP contribution < -0.4 is 10.6 Å². The number of amides is 2. The normalized spacial score (nSPS) is 11.4. The minimum absolute atomic E-state index is 0.0391. The van der Waals surface area contributed by atoms with Gasteiger partial charge in [0.15, 0.2) is 0 Å². The van der Waals surface area contributed by atoms with Crippen molar-refractivity contribution in [3.05, 3.63) is 0 Å². The molecule has 0 rings (SSSR count). The second kappa shape index (κ2) is 7.27. The van der Waals surface area contributed by atoms with Gasteiger partial charge in [0.1, 0.15) is 0 Å². The Morgan fingerprint density at radius 2 is 1.59 bits per heavy atom. The highest BCUT2D eigenvalue weighted by molar-refractivity contribution is 5.85. The molecule has 0 aromatic heterocycles. The molecule has 0 heterocycles. The van der Waals surface area contributed by atoms with E-state index in [1.807, 2.05) is 39.5 Å². The molecular formula is C12H25N3O2. The van der Waals surface area contributed by atoms with Gasteiger partial charge in [-0.2, -0.15) is 0 Å². The molecule has 17 heavy (non-hydrogen) atoms. The zero-order valence-corrected chi connectivity index (χ0v) is 11.6. The third kappa shape index (κ3) is 8.68. The molecular weight excluding hydrogens is 218 g/mol. The average molecular weight is 243 g/mol. The highest BCUT2D eigenvalue weighted by Crippen LogP contribution is 1.97. The number of hydrogen-bond donors (Lipinski definition) is 2. The summed E-state index contributed by atoms with van der Waals surface area (Å²) < 4.78 is 0. The van der Waals surface area contributed by atoms with Gasteiger partial charge >= 0.3 is 0 Å². The number of carbonyl (C=O) groups is 2. The third-order valence-corrected chi connectivity index (χ3v) is 2.22. The molecule has 0 atom stereocenters. The van der Waals surface area contributed by atoms with Crippen molar-refractivity contribution in [3.63, 3.8) is 0 Å². The van der Waals surface area contributed by atoms with Gasteiger partial charge in [0, 0.05) is 5.54 Å². The summed E-state index contributed by atoms with van der Waals surface area (Å²) in [6.07, 6.45) is 0. The van der Waals surface area contributed by atoms with E-state index in [1.165, 1.54) is 0 Å². The number of carbonyl (C=O) groups excluding carboxylic acids is 2. The van der Waals surface area contributed by atoms with Gasteiger partial charge in [-0.15, -0.1) is 0 Å². The highest BCUT2D eigenvalue weighted by atomic mass is 16.2. The lowest BCUT2D eigenvalue weighted by Gasteiger charge is -2.21. The Kier molecular flexibility index (Phi) is 6.80. The summed E-state index contributed by atoms with van der Waals surface area (Å²) in [5, 5.41) is 5.40. The number of rotatable bonds is 6. The number of nitrogens with zero attached hydrogens (tertiary/aromatic N) is 1. The van der Waals surface area contributed by atoms with Crippen molar-refractivity contribution in [2.45, 2.75) is 40.2 Å². The lowest BCUT2D eigenvalue weighted by molar-refractivity contribution is -0.127. The molecule has 0 aromatic rings. The minimum Gasteiger partial charge on any atom is -0.350 e. The van der Waals surface area contributed by atoms with Crippen molar-refractivity contribution in [1.29, 1.82) is 0 Å². The van der Waals surface area contributed by atoms with Crippen LogP contribution in [0.1, 0.15) is 34.6 Å². The van der Waals surface area contributed by atoms with Crippen molar-refractivity contribution < 1.29 is 9.59 Å². The first-order valence-electron chi connectivity index (χ1n) is 6.08. The molecule has 0 bridgehead atoms. The maximum Gasteiger partial charge on any atom is 0.239 e. The van der Waals surface area contributed by atoms with Crippen LogP contribution in [-0.2, 0) is 9.59 Å². The van der Waals surface area contributed by atoms with E-state index < -0.39 is 0 Å².